The van der Waals surface area contributed by atoms with E-state index in [1.807, 2.05) is 24.4 Å². The van der Waals surface area contributed by atoms with Gasteiger partial charge in [-0.05, 0) is 30.3 Å². The fourth-order valence-corrected chi connectivity index (χ4v) is 3.29. The quantitative estimate of drug-likeness (QED) is 0.833. The van der Waals surface area contributed by atoms with E-state index in [-0.39, 0.29) is 6.61 Å². The fraction of sp³-hybridized carbons (Fsp3) is 0.389. The summed E-state index contributed by atoms with van der Waals surface area (Å²) in [6, 6.07) is 11.0. The molecule has 0 spiro atoms. The van der Waals surface area contributed by atoms with Gasteiger partial charge < -0.3 is 14.7 Å². The first-order valence-corrected chi connectivity index (χ1v) is 9.01. The summed E-state index contributed by atoms with van der Waals surface area (Å²) in [7, 11) is 0. The molecule has 1 aliphatic rings. The Labute approximate surface area is 157 Å². The molecule has 5 nitrogen and oxygen atoms in total. The Morgan fingerprint density at radius 1 is 1.12 bits per heavy atom. The van der Waals surface area contributed by atoms with Crippen LogP contribution in [-0.4, -0.2) is 60.4 Å². The summed E-state index contributed by atoms with van der Waals surface area (Å²) in [5.41, 5.74) is 0. The lowest BCUT2D eigenvalue weighted by Gasteiger charge is -2.36. The molecule has 1 atom stereocenters. The molecule has 3 rings (SSSR count). The normalized spacial score (nSPS) is 16.7. The molecule has 0 radical (unpaired) electrons. The van der Waals surface area contributed by atoms with E-state index in [1.54, 1.807) is 18.2 Å². The highest BCUT2D eigenvalue weighted by Crippen LogP contribution is 2.27. The van der Waals surface area contributed by atoms with Crippen molar-refractivity contribution in [1.82, 2.24) is 9.88 Å². The van der Waals surface area contributed by atoms with Gasteiger partial charge in [-0.25, -0.2) is 4.98 Å². The minimum Gasteiger partial charge on any atom is -0.489 e. The van der Waals surface area contributed by atoms with Gasteiger partial charge in [-0.2, -0.15) is 0 Å². The number of anilines is 1. The van der Waals surface area contributed by atoms with Crippen LogP contribution in [0, 0.1) is 0 Å². The Balaban J connectivity index is 1.42. The highest BCUT2D eigenvalue weighted by molar-refractivity contribution is 6.35. The third kappa shape index (κ3) is 5.22. The number of aromatic nitrogens is 1. The summed E-state index contributed by atoms with van der Waals surface area (Å²) in [6.45, 7) is 4.33. The first kappa shape index (κ1) is 18.3. The predicted octanol–water partition coefficient (Wildman–Crippen LogP) is 2.95. The van der Waals surface area contributed by atoms with Crippen LogP contribution in [0.4, 0.5) is 5.82 Å². The third-order valence-corrected chi connectivity index (χ3v) is 4.67. The van der Waals surface area contributed by atoms with E-state index < -0.39 is 6.10 Å². The smallest absolute Gasteiger partial charge is 0.138 e. The number of hydrogen-bond donors (Lipinski definition) is 1. The van der Waals surface area contributed by atoms with E-state index in [9.17, 15) is 5.11 Å². The average Bonchev–Trinajstić information content (AvgIpc) is 2.62. The summed E-state index contributed by atoms with van der Waals surface area (Å²) >= 11 is 11.9. The number of nitrogens with zero attached hydrogens (tertiary/aromatic N) is 3. The lowest BCUT2D eigenvalue weighted by molar-refractivity contribution is 0.0663. The van der Waals surface area contributed by atoms with Crippen LogP contribution in [0.1, 0.15) is 0 Å². The summed E-state index contributed by atoms with van der Waals surface area (Å²) in [5.74, 6) is 1.54. The van der Waals surface area contributed by atoms with E-state index in [4.69, 9.17) is 27.9 Å². The van der Waals surface area contributed by atoms with Gasteiger partial charge in [-0.1, -0.05) is 29.3 Å². The largest absolute Gasteiger partial charge is 0.489 e. The maximum atomic E-state index is 10.2. The molecule has 2 aromatic rings. The molecule has 1 N–H and O–H groups in total. The van der Waals surface area contributed by atoms with E-state index in [0.717, 1.165) is 32.0 Å². The molecular formula is C18H21Cl2N3O2. The molecule has 1 saturated heterocycles. The number of piperazine rings is 1. The van der Waals surface area contributed by atoms with Crippen molar-refractivity contribution in [1.29, 1.82) is 0 Å². The Morgan fingerprint density at radius 3 is 2.60 bits per heavy atom. The third-order valence-electron chi connectivity index (χ3n) is 4.14. The van der Waals surface area contributed by atoms with Gasteiger partial charge >= 0.3 is 0 Å². The van der Waals surface area contributed by atoms with Crippen LogP contribution in [0.25, 0.3) is 0 Å². The van der Waals surface area contributed by atoms with E-state index >= 15 is 0 Å². The molecule has 0 unspecified atom stereocenters. The molecule has 2 heterocycles. The molecule has 25 heavy (non-hydrogen) atoms. The first-order valence-electron chi connectivity index (χ1n) is 8.26. The van der Waals surface area contributed by atoms with Gasteiger partial charge in [0.15, 0.2) is 0 Å². The molecule has 0 aliphatic carbocycles. The summed E-state index contributed by atoms with van der Waals surface area (Å²) in [4.78, 5) is 8.87. The van der Waals surface area contributed by atoms with Gasteiger partial charge in [0, 0.05) is 43.9 Å². The minimum absolute atomic E-state index is 0.196. The average molecular weight is 382 g/mol. The number of hydrogen-bond acceptors (Lipinski definition) is 5. The molecule has 0 bridgehead atoms. The Bertz CT molecular complexity index is 679. The van der Waals surface area contributed by atoms with Crippen molar-refractivity contribution in [2.75, 3.05) is 44.2 Å². The Kier molecular flexibility index (Phi) is 6.37. The second-order valence-electron chi connectivity index (χ2n) is 6.02. The first-order chi connectivity index (χ1) is 12.1. The van der Waals surface area contributed by atoms with Crippen molar-refractivity contribution in [3.63, 3.8) is 0 Å². The van der Waals surface area contributed by atoms with Crippen LogP contribution in [0.2, 0.25) is 10.0 Å². The van der Waals surface area contributed by atoms with Crippen LogP contribution >= 0.6 is 23.2 Å². The van der Waals surface area contributed by atoms with Crippen LogP contribution in [0.15, 0.2) is 42.6 Å². The van der Waals surface area contributed by atoms with E-state index in [1.165, 1.54) is 0 Å². The second kappa shape index (κ2) is 8.72. The summed E-state index contributed by atoms with van der Waals surface area (Å²) in [5, 5.41) is 11.2. The zero-order valence-corrected chi connectivity index (χ0v) is 15.3. The Hall–Kier alpha value is -1.53. The van der Waals surface area contributed by atoms with Gasteiger partial charge in [-0.3, -0.25) is 4.90 Å². The highest BCUT2D eigenvalue weighted by Gasteiger charge is 2.20. The maximum absolute atomic E-state index is 10.2. The number of β-amino-alcohol motifs (C(OH)–C–C–N with tert-alkyl or cyclic N) is 1. The molecule has 0 amide bonds. The van der Waals surface area contributed by atoms with Crippen molar-refractivity contribution in [2.45, 2.75) is 6.10 Å². The molecule has 1 fully saturated rings. The van der Waals surface area contributed by atoms with Gasteiger partial charge in [0.2, 0.25) is 0 Å². The number of pyridine rings is 1. The van der Waals surface area contributed by atoms with Crippen molar-refractivity contribution >= 4 is 29.0 Å². The molecule has 7 heteroatoms. The van der Waals surface area contributed by atoms with E-state index in [0.29, 0.717) is 22.3 Å². The summed E-state index contributed by atoms with van der Waals surface area (Å²) in [6.07, 6.45) is 1.23. The maximum Gasteiger partial charge on any atom is 0.138 e. The predicted molar refractivity (Wildman–Crippen MR) is 101 cm³/mol. The molecule has 1 aromatic heterocycles. The molecule has 0 saturated carbocycles. The topological polar surface area (TPSA) is 48.8 Å². The number of ether oxygens (including phenoxy) is 1. The minimum atomic E-state index is -0.576. The van der Waals surface area contributed by atoms with E-state index in [2.05, 4.69) is 14.8 Å². The van der Waals surface area contributed by atoms with Crippen LogP contribution in [-0.2, 0) is 0 Å². The van der Waals surface area contributed by atoms with Gasteiger partial charge in [0.25, 0.3) is 0 Å². The van der Waals surface area contributed by atoms with Crippen molar-refractivity contribution in [3.8, 4) is 5.75 Å². The van der Waals surface area contributed by atoms with Crippen molar-refractivity contribution in [2.24, 2.45) is 0 Å². The molecule has 134 valence electrons. The van der Waals surface area contributed by atoms with Gasteiger partial charge in [-0.15, -0.1) is 0 Å². The highest BCUT2D eigenvalue weighted by atomic mass is 35.5. The van der Waals surface area contributed by atoms with Crippen LogP contribution in [0.5, 0.6) is 5.75 Å². The molecule has 1 aromatic carbocycles. The fourth-order valence-electron chi connectivity index (χ4n) is 2.83. The lowest BCUT2D eigenvalue weighted by atomic mass is 10.2. The van der Waals surface area contributed by atoms with Gasteiger partial charge in [0.1, 0.15) is 24.3 Å². The summed E-state index contributed by atoms with van der Waals surface area (Å²) < 4.78 is 5.60. The van der Waals surface area contributed by atoms with Gasteiger partial charge in [0.05, 0.1) is 5.02 Å². The van der Waals surface area contributed by atoms with Crippen molar-refractivity contribution < 1.29 is 9.84 Å². The zero-order chi connectivity index (χ0) is 17.6. The monoisotopic (exact) mass is 381 g/mol. The van der Waals surface area contributed by atoms with Crippen LogP contribution < -0.4 is 9.64 Å². The molecule has 1 aliphatic heterocycles. The lowest BCUT2D eigenvalue weighted by Crippen LogP contribution is -2.49. The molecular weight excluding hydrogens is 361 g/mol. The SMILES string of the molecule is O[C@H](COc1ccc(Cl)cc1Cl)CN1CCN(c2ccccn2)CC1. The number of aliphatic hydroxyl groups excluding tert-OH is 1. The number of aliphatic hydroxyl groups is 1. The number of halogens is 2. The number of rotatable bonds is 6. The van der Waals surface area contributed by atoms with Crippen LogP contribution in [0.3, 0.4) is 0 Å². The zero-order valence-electron chi connectivity index (χ0n) is 13.8. The Morgan fingerprint density at radius 2 is 1.92 bits per heavy atom. The second-order valence-corrected chi connectivity index (χ2v) is 6.86. The van der Waals surface area contributed by atoms with Crippen molar-refractivity contribution in [3.05, 3.63) is 52.6 Å². The standard InChI is InChI=1S/C18H21Cl2N3O2/c19-14-4-5-17(16(20)11-14)25-13-15(24)12-22-7-9-23(10-8-22)18-3-1-2-6-21-18/h1-6,11,15,24H,7-10,12-13H2/t15-/m0/s1. The number of benzene rings is 1.